The molecule has 0 amide bonds. The Bertz CT molecular complexity index is 1780. The Balaban J connectivity index is 1.57. The molecule has 1 nitrogen and oxygen atoms in total. The first-order valence-electron chi connectivity index (χ1n) is 13.1. The minimum Gasteiger partial charge on any atom is -0.256 e. The van der Waals surface area contributed by atoms with E-state index in [-0.39, 0.29) is 5.41 Å². The number of hydrogen-bond acceptors (Lipinski definition) is 3. The fourth-order valence-corrected chi connectivity index (χ4v) is 7.79. The zero-order valence-electron chi connectivity index (χ0n) is 22.5. The summed E-state index contributed by atoms with van der Waals surface area (Å²) in [6.45, 7) is 13.8. The second-order valence-corrected chi connectivity index (χ2v) is 13.9. The summed E-state index contributed by atoms with van der Waals surface area (Å²) >= 11 is 3.82. The zero-order valence-corrected chi connectivity index (χ0v) is 24.1. The van der Waals surface area contributed by atoms with Crippen LogP contribution in [0, 0.1) is 12.8 Å². The highest BCUT2D eigenvalue weighted by Gasteiger charge is 2.21. The lowest BCUT2D eigenvalue weighted by molar-refractivity contribution is 0.596. The van der Waals surface area contributed by atoms with E-state index in [0.29, 0.717) is 5.92 Å². The van der Waals surface area contributed by atoms with Gasteiger partial charge in [-0.25, -0.2) is 0 Å². The van der Waals surface area contributed by atoms with Crippen LogP contribution in [0.3, 0.4) is 0 Å². The number of fused-ring (bicyclic) bond motifs is 3. The van der Waals surface area contributed by atoms with Gasteiger partial charge in [0.15, 0.2) is 0 Å². The highest BCUT2D eigenvalue weighted by molar-refractivity contribution is 7.22. The second-order valence-electron chi connectivity index (χ2n) is 11.6. The molecule has 0 saturated carbocycles. The van der Waals surface area contributed by atoms with Crippen LogP contribution in [0.2, 0.25) is 0 Å². The smallest absolute Gasteiger partial charge is 0.0789 e. The summed E-state index contributed by atoms with van der Waals surface area (Å²) in [7, 11) is 0. The normalized spacial score (nSPS) is 12.4. The van der Waals surface area contributed by atoms with Crippen LogP contribution < -0.4 is 0 Å². The van der Waals surface area contributed by atoms with Crippen LogP contribution in [0.4, 0.5) is 0 Å². The molecule has 3 aromatic carbocycles. The summed E-state index contributed by atoms with van der Waals surface area (Å²) in [5.41, 5.74) is 6.56. The van der Waals surface area contributed by atoms with Crippen molar-refractivity contribution in [1.82, 2.24) is 4.98 Å². The average Bonchev–Trinajstić information content (AvgIpc) is 3.43. The molecule has 0 unspecified atom stereocenters. The molecule has 0 aliphatic heterocycles. The Morgan fingerprint density at radius 2 is 1.65 bits per heavy atom. The van der Waals surface area contributed by atoms with Crippen LogP contribution >= 0.6 is 22.7 Å². The van der Waals surface area contributed by atoms with Gasteiger partial charge < -0.3 is 0 Å². The van der Waals surface area contributed by atoms with Gasteiger partial charge in [-0.15, -0.1) is 22.7 Å². The molecule has 0 spiro atoms. The summed E-state index contributed by atoms with van der Waals surface area (Å²) in [6.07, 6.45) is 3.09. The second kappa shape index (κ2) is 9.08. The number of rotatable bonds is 4. The van der Waals surface area contributed by atoms with Crippen LogP contribution in [-0.2, 0) is 11.8 Å². The maximum Gasteiger partial charge on any atom is 0.0789 e. The molecule has 0 saturated heterocycles. The van der Waals surface area contributed by atoms with Gasteiger partial charge in [0.25, 0.3) is 0 Å². The van der Waals surface area contributed by atoms with E-state index in [4.69, 9.17) is 4.98 Å². The van der Waals surface area contributed by atoms with Gasteiger partial charge in [-0.3, -0.25) is 4.98 Å². The minimum atomic E-state index is 0.0442. The van der Waals surface area contributed by atoms with E-state index in [9.17, 15) is 0 Å². The first-order chi connectivity index (χ1) is 17.7. The first-order valence-corrected chi connectivity index (χ1v) is 14.8. The monoisotopic (exact) mass is 519 g/mol. The standard InChI is InChI=1S/C34H33NS2/c1-20(2)16-26-21(3)36-30-13-9-12-25(32(26)30)31-19-27-29(37-31)14-15-35-33(27)23-17-22-10-7-8-11-24(22)28(18-23)34(4,5)6/h7-15,17-20H,16H2,1-6H3. The lowest BCUT2D eigenvalue weighted by Gasteiger charge is -2.22. The van der Waals surface area contributed by atoms with Gasteiger partial charge in [0, 0.05) is 47.3 Å². The summed E-state index contributed by atoms with van der Waals surface area (Å²) < 4.78 is 2.69. The van der Waals surface area contributed by atoms with Gasteiger partial charge in [-0.05, 0) is 76.9 Å². The number of aryl methyl sites for hydroxylation is 1. The van der Waals surface area contributed by atoms with Crippen molar-refractivity contribution in [2.24, 2.45) is 5.92 Å². The highest BCUT2D eigenvalue weighted by atomic mass is 32.1. The summed E-state index contributed by atoms with van der Waals surface area (Å²) in [5, 5.41) is 5.29. The lowest BCUT2D eigenvalue weighted by atomic mass is 9.82. The van der Waals surface area contributed by atoms with Crippen molar-refractivity contribution < 1.29 is 0 Å². The average molecular weight is 520 g/mol. The van der Waals surface area contributed by atoms with Crippen molar-refractivity contribution in [3.63, 3.8) is 0 Å². The van der Waals surface area contributed by atoms with Crippen molar-refractivity contribution in [1.29, 1.82) is 0 Å². The number of aromatic nitrogens is 1. The Kier molecular flexibility index (Phi) is 5.97. The number of hydrogen-bond donors (Lipinski definition) is 0. The van der Waals surface area contributed by atoms with Gasteiger partial charge in [0.2, 0.25) is 0 Å². The quantitative estimate of drug-likeness (QED) is 0.226. The Labute approximate surface area is 227 Å². The van der Waals surface area contributed by atoms with Crippen molar-refractivity contribution in [2.75, 3.05) is 0 Å². The van der Waals surface area contributed by atoms with E-state index in [1.807, 2.05) is 28.9 Å². The molecule has 0 N–H and O–H groups in total. The van der Waals surface area contributed by atoms with E-state index < -0.39 is 0 Å². The summed E-state index contributed by atoms with van der Waals surface area (Å²) in [5.74, 6) is 0.632. The predicted octanol–water partition coefficient (Wildman–Crippen LogP) is 10.8. The summed E-state index contributed by atoms with van der Waals surface area (Å²) in [6, 6.07) is 24.8. The summed E-state index contributed by atoms with van der Waals surface area (Å²) in [4.78, 5) is 7.72. The molecular weight excluding hydrogens is 487 g/mol. The molecule has 6 rings (SSSR count). The van der Waals surface area contributed by atoms with Crippen LogP contribution in [-0.4, -0.2) is 4.98 Å². The number of benzene rings is 3. The van der Waals surface area contributed by atoms with E-state index in [1.165, 1.54) is 63.0 Å². The molecule has 0 fully saturated rings. The van der Waals surface area contributed by atoms with Gasteiger partial charge in [-0.2, -0.15) is 0 Å². The highest BCUT2D eigenvalue weighted by Crippen LogP contribution is 2.44. The maximum absolute atomic E-state index is 4.95. The minimum absolute atomic E-state index is 0.0442. The van der Waals surface area contributed by atoms with Crippen molar-refractivity contribution in [3.05, 3.63) is 88.9 Å². The molecule has 3 aromatic heterocycles. The van der Waals surface area contributed by atoms with Crippen LogP contribution in [0.1, 0.15) is 50.6 Å². The van der Waals surface area contributed by atoms with Crippen molar-refractivity contribution >= 4 is 53.6 Å². The van der Waals surface area contributed by atoms with Crippen LogP contribution in [0.5, 0.6) is 0 Å². The first kappa shape index (κ1) is 24.3. The van der Waals surface area contributed by atoms with Crippen LogP contribution in [0.25, 0.3) is 52.6 Å². The van der Waals surface area contributed by atoms with E-state index in [1.54, 1.807) is 0 Å². The molecule has 3 heterocycles. The molecule has 0 radical (unpaired) electrons. The zero-order chi connectivity index (χ0) is 25.9. The molecule has 6 aromatic rings. The fraction of sp³-hybridized carbons (Fsp3) is 0.265. The molecule has 3 heteroatoms. The molecular formula is C34H33NS2. The molecule has 186 valence electrons. The Morgan fingerprint density at radius 3 is 2.43 bits per heavy atom. The maximum atomic E-state index is 4.95. The lowest BCUT2D eigenvalue weighted by Crippen LogP contribution is -2.12. The third-order valence-corrected chi connectivity index (χ3v) is 9.53. The largest absolute Gasteiger partial charge is 0.256 e. The number of nitrogens with zero attached hydrogens (tertiary/aromatic N) is 1. The molecule has 37 heavy (non-hydrogen) atoms. The van der Waals surface area contributed by atoms with Gasteiger partial charge in [-0.1, -0.05) is 71.0 Å². The van der Waals surface area contributed by atoms with E-state index >= 15 is 0 Å². The molecule has 0 aliphatic rings. The van der Waals surface area contributed by atoms with E-state index in [0.717, 1.165) is 12.1 Å². The van der Waals surface area contributed by atoms with Crippen molar-refractivity contribution in [3.8, 4) is 21.7 Å². The van der Waals surface area contributed by atoms with Crippen molar-refractivity contribution in [2.45, 2.75) is 53.4 Å². The predicted molar refractivity (Wildman–Crippen MR) is 165 cm³/mol. The topological polar surface area (TPSA) is 12.9 Å². The third-order valence-electron chi connectivity index (χ3n) is 7.28. The molecule has 0 bridgehead atoms. The SMILES string of the molecule is Cc1sc2cccc(-c3cc4c(-c5cc(C(C)(C)C)c6ccccc6c5)nccc4s3)c2c1CC(C)C. The van der Waals surface area contributed by atoms with Gasteiger partial charge >= 0.3 is 0 Å². The Morgan fingerprint density at radius 1 is 0.838 bits per heavy atom. The van der Waals surface area contributed by atoms with Crippen LogP contribution in [0.15, 0.2) is 72.9 Å². The van der Waals surface area contributed by atoms with Gasteiger partial charge in [0.1, 0.15) is 0 Å². The third kappa shape index (κ3) is 4.28. The number of pyridine rings is 1. The molecule has 0 aliphatic carbocycles. The Hall–Kier alpha value is -3.01. The number of thiophene rings is 2. The van der Waals surface area contributed by atoms with Gasteiger partial charge in [0.05, 0.1) is 5.69 Å². The fourth-order valence-electron chi connectivity index (χ4n) is 5.58. The molecule has 0 atom stereocenters. The van der Waals surface area contributed by atoms with E-state index in [2.05, 4.69) is 108 Å².